The summed E-state index contributed by atoms with van der Waals surface area (Å²) < 4.78 is 25.8. The first-order valence-electron chi connectivity index (χ1n) is 8.29. The van der Waals surface area contributed by atoms with E-state index in [9.17, 15) is 8.42 Å². The highest BCUT2D eigenvalue weighted by atomic mass is 32.2. The van der Waals surface area contributed by atoms with Crippen LogP contribution in [0, 0.1) is 0 Å². The molecule has 0 amide bonds. The lowest BCUT2D eigenvalue weighted by Gasteiger charge is -2.18. The Hall–Kier alpha value is -2.67. The van der Waals surface area contributed by atoms with Crippen molar-refractivity contribution < 1.29 is 8.42 Å². The highest BCUT2D eigenvalue weighted by molar-refractivity contribution is 7.92. The zero-order chi connectivity index (χ0) is 18.8. The van der Waals surface area contributed by atoms with E-state index >= 15 is 0 Å². The quantitative estimate of drug-likeness (QED) is 0.744. The molecule has 3 aromatic rings. The fourth-order valence-electron chi connectivity index (χ4n) is 2.36. The minimum atomic E-state index is -3.43. The molecule has 0 saturated heterocycles. The third kappa shape index (κ3) is 3.77. The zero-order valence-electron chi connectivity index (χ0n) is 15.0. The molecule has 1 N–H and O–H groups in total. The van der Waals surface area contributed by atoms with E-state index in [0.717, 1.165) is 16.9 Å². The number of pyridine rings is 1. The lowest BCUT2D eigenvalue weighted by molar-refractivity contribution is 0.556. The van der Waals surface area contributed by atoms with Crippen molar-refractivity contribution in [1.29, 1.82) is 0 Å². The van der Waals surface area contributed by atoms with Crippen molar-refractivity contribution in [3.8, 4) is 5.69 Å². The second-order valence-corrected chi connectivity index (χ2v) is 9.64. The Morgan fingerprint density at radius 1 is 1.08 bits per heavy atom. The predicted octanol–water partition coefficient (Wildman–Crippen LogP) is 3.45. The standard InChI is InChI=1S/C19H22N4O2S/c1-19(2,3)26(24,25)18-9-6-16(13-22-18)21-12-15-4-7-17(8-5-15)23-11-10-20-14-23/h4-11,13-14,21H,12H2,1-3H3. The second kappa shape index (κ2) is 6.92. The smallest absolute Gasteiger partial charge is 0.200 e. The van der Waals surface area contributed by atoms with Gasteiger partial charge in [0.1, 0.15) is 0 Å². The number of nitrogens with one attached hydrogen (secondary N) is 1. The van der Waals surface area contributed by atoms with Gasteiger partial charge in [-0.25, -0.2) is 18.4 Å². The summed E-state index contributed by atoms with van der Waals surface area (Å²) in [5.41, 5.74) is 2.93. The molecule has 2 heterocycles. The minimum Gasteiger partial charge on any atom is -0.380 e. The van der Waals surface area contributed by atoms with Crippen LogP contribution in [0.3, 0.4) is 0 Å². The van der Waals surface area contributed by atoms with Crippen molar-refractivity contribution in [2.24, 2.45) is 0 Å². The van der Waals surface area contributed by atoms with E-state index in [-0.39, 0.29) is 5.03 Å². The van der Waals surface area contributed by atoms with Crippen molar-refractivity contribution >= 4 is 15.5 Å². The summed E-state index contributed by atoms with van der Waals surface area (Å²) in [6.45, 7) is 5.63. The van der Waals surface area contributed by atoms with Gasteiger partial charge in [0.25, 0.3) is 0 Å². The van der Waals surface area contributed by atoms with Crippen molar-refractivity contribution in [2.45, 2.75) is 37.1 Å². The number of anilines is 1. The molecule has 1 aromatic carbocycles. The fourth-order valence-corrected chi connectivity index (χ4v) is 3.43. The summed E-state index contributed by atoms with van der Waals surface area (Å²) in [5.74, 6) is 0. The maximum atomic E-state index is 12.4. The molecule has 0 aliphatic carbocycles. The van der Waals surface area contributed by atoms with E-state index in [1.807, 2.05) is 35.0 Å². The fraction of sp³-hybridized carbons (Fsp3) is 0.263. The number of hydrogen-bond donors (Lipinski definition) is 1. The number of nitrogens with zero attached hydrogens (tertiary/aromatic N) is 3. The molecule has 0 unspecified atom stereocenters. The van der Waals surface area contributed by atoms with Gasteiger partial charge in [-0.15, -0.1) is 0 Å². The van der Waals surface area contributed by atoms with E-state index in [2.05, 4.69) is 15.3 Å². The summed E-state index contributed by atoms with van der Waals surface area (Å²) in [5, 5.41) is 3.35. The molecule has 0 aliphatic heterocycles. The lowest BCUT2D eigenvalue weighted by atomic mass is 10.2. The van der Waals surface area contributed by atoms with E-state index in [1.165, 1.54) is 0 Å². The van der Waals surface area contributed by atoms with Crippen LogP contribution in [0.15, 0.2) is 66.3 Å². The molecule has 0 fully saturated rings. The van der Waals surface area contributed by atoms with Gasteiger partial charge in [0, 0.05) is 24.6 Å². The monoisotopic (exact) mass is 370 g/mol. The molecular formula is C19H22N4O2S. The van der Waals surface area contributed by atoms with Crippen molar-refractivity contribution in [3.63, 3.8) is 0 Å². The molecule has 0 bridgehead atoms. The van der Waals surface area contributed by atoms with Crippen LogP contribution in [-0.2, 0) is 16.4 Å². The predicted molar refractivity (Wildman–Crippen MR) is 102 cm³/mol. The number of sulfone groups is 1. The van der Waals surface area contributed by atoms with Crippen LogP contribution in [0.5, 0.6) is 0 Å². The summed E-state index contributed by atoms with van der Waals surface area (Å²) in [6.07, 6.45) is 6.95. The number of aromatic nitrogens is 3. The van der Waals surface area contributed by atoms with E-state index in [1.54, 1.807) is 51.6 Å². The summed E-state index contributed by atoms with van der Waals surface area (Å²) in [4.78, 5) is 8.15. The van der Waals surface area contributed by atoms with Gasteiger partial charge < -0.3 is 9.88 Å². The van der Waals surface area contributed by atoms with E-state index in [4.69, 9.17) is 0 Å². The van der Waals surface area contributed by atoms with Crippen LogP contribution in [0.4, 0.5) is 5.69 Å². The SMILES string of the molecule is CC(C)(C)S(=O)(=O)c1ccc(NCc2ccc(-n3ccnc3)cc2)cn1. The number of benzene rings is 1. The van der Waals surface area contributed by atoms with Crippen LogP contribution in [0.25, 0.3) is 5.69 Å². The summed E-state index contributed by atoms with van der Waals surface area (Å²) >= 11 is 0. The van der Waals surface area contributed by atoms with Gasteiger partial charge in [-0.05, 0) is 50.6 Å². The van der Waals surface area contributed by atoms with Gasteiger partial charge in [0.15, 0.2) is 14.9 Å². The van der Waals surface area contributed by atoms with Crippen molar-refractivity contribution in [1.82, 2.24) is 14.5 Å². The van der Waals surface area contributed by atoms with Gasteiger partial charge in [0.05, 0.1) is 23.0 Å². The molecule has 0 saturated carbocycles. The zero-order valence-corrected chi connectivity index (χ0v) is 15.9. The van der Waals surface area contributed by atoms with Crippen molar-refractivity contribution in [3.05, 3.63) is 66.9 Å². The summed E-state index contributed by atoms with van der Waals surface area (Å²) in [7, 11) is -3.43. The first-order chi connectivity index (χ1) is 12.3. The molecule has 2 aromatic heterocycles. The highest BCUT2D eigenvalue weighted by Crippen LogP contribution is 2.24. The van der Waals surface area contributed by atoms with Gasteiger partial charge in [-0.3, -0.25) is 0 Å². The normalized spacial score (nSPS) is 12.1. The Morgan fingerprint density at radius 3 is 2.35 bits per heavy atom. The topological polar surface area (TPSA) is 76.9 Å². The van der Waals surface area contributed by atoms with Crippen LogP contribution in [0.1, 0.15) is 26.3 Å². The average Bonchev–Trinajstić information content (AvgIpc) is 3.14. The first kappa shape index (κ1) is 18.1. The van der Waals surface area contributed by atoms with Gasteiger partial charge in [-0.2, -0.15) is 0 Å². The van der Waals surface area contributed by atoms with Crippen molar-refractivity contribution in [2.75, 3.05) is 5.32 Å². The average molecular weight is 370 g/mol. The van der Waals surface area contributed by atoms with Crippen LogP contribution in [-0.4, -0.2) is 27.7 Å². The first-order valence-corrected chi connectivity index (χ1v) is 9.77. The molecule has 7 heteroatoms. The molecule has 0 aliphatic rings. The van der Waals surface area contributed by atoms with E-state index < -0.39 is 14.6 Å². The Morgan fingerprint density at radius 2 is 1.81 bits per heavy atom. The Balaban J connectivity index is 1.65. The Labute approximate surface area is 153 Å². The number of imidazole rings is 1. The maximum Gasteiger partial charge on any atom is 0.200 e. The molecule has 0 spiro atoms. The lowest BCUT2D eigenvalue weighted by Crippen LogP contribution is -2.28. The van der Waals surface area contributed by atoms with Gasteiger partial charge in [-0.1, -0.05) is 12.1 Å². The van der Waals surface area contributed by atoms with E-state index in [0.29, 0.717) is 6.54 Å². The van der Waals surface area contributed by atoms with Crippen LogP contribution >= 0.6 is 0 Å². The molecule has 26 heavy (non-hydrogen) atoms. The maximum absolute atomic E-state index is 12.4. The number of hydrogen-bond acceptors (Lipinski definition) is 5. The largest absolute Gasteiger partial charge is 0.380 e. The Bertz CT molecular complexity index is 956. The third-order valence-electron chi connectivity index (χ3n) is 4.05. The number of rotatable bonds is 5. The Kier molecular flexibility index (Phi) is 4.82. The van der Waals surface area contributed by atoms with Gasteiger partial charge >= 0.3 is 0 Å². The molecular weight excluding hydrogens is 348 g/mol. The van der Waals surface area contributed by atoms with Gasteiger partial charge in [0.2, 0.25) is 0 Å². The molecule has 136 valence electrons. The third-order valence-corrected chi connectivity index (χ3v) is 6.46. The second-order valence-electron chi connectivity index (χ2n) is 6.99. The molecule has 0 atom stereocenters. The van der Waals surface area contributed by atoms with Crippen LogP contribution < -0.4 is 5.32 Å². The minimum absolute atomic E-state index is 0.0974. The molecule has 6 nitrogen and oxygen atoms in total. The molecule has 0 radical (unpaired) electrons. The highest BCUT2D eigenvalue weighted by Gasteiger charge is 2.31. The molecule has 3 rings (SSSR count). The van der Waals surface area contributed by atoms with Crippen LogP contribution in [0.2, 0.25) is 0 Å². The summed E-state index contributed by atoms with van der Waals surface area (Å²) in [6, 6.07) is 11.4.